The van der Waals surface area contributed by atoms with Gasteiger partial charge < -0.3 is 4.74 Å². The number of rotatable bonds is 3. The third-order valence-corrected chi connectivity index (χ3v) is 11.4. The van der Waals surface area contributed by atoms with Gasteiger partial charge in [-0.15, -0.1) is 0 Å². The molecular formula is C28H24NOSi+. The van der Waals surface area contributed by atoms with Crippen LogP contribution in [-0.2, 0) is 6.73 Å². The summed E-state index contributed by atoms with van der Waals surface area (Å²) in [5, 5.41) is 7.89. The number of nitrogens with zero attached hydrogens (tertiary/aromatic N) is 1. The van der Waals surface area contributed by atoms with Crippen LogP contribution in [0.3, 0.4) is 0 Å². The number of ether oxygens (including phenoxy) is 1. The molecule has 0 unspecified atom stereocenters. The molecule has 2 heterocycles. The second-order valence-corrected chi connectivity index (χ2v) is 12.5. The molecule has 0 bridgehead atoms. The van der Waals surface area contributed by atoms with Crippen LogP contribution >= 0.6 is 0 Å². The number of pyridine rings is 1. The predicted molar refractivity (Wildman–Crippen MR) is 130 cm³/mol. The Hall–Kier alpha value is -3.43. The Labute approximate surface area is 183 Å². The molecule has 2 nitrogen and oxygen atoms in total. The van der Waals surface area contributed by atoms with E-state index in [1.807, 2.05) is 0 Å². The quantitative estimate of drug-likeness (QED) is 0.187. The highest BCUT2D eigenvalue weighted by Crippen LogP contribution is 2.34. The average Bonchev–Trinajstić information content (AvgIpc) is 2.84. The number of aryl methyl sites for hydroxylation is 1. The molecule has 0 aliphatic carbocycles. The molecule has 0 radical (unpaired) electrons. The van der Waals surface area contributed by atoms with Crippen molar-refractivity contribution in [1.29, 1.82) is 0 Å². The zero-order chi connectivity index (χ0) is 21.0. The minimum absolute atomic E-state index is 0.556. The lowest BCUT2D eigenvalue weighted by Gasteiger charge is -2.32. The third-order valence-electron chi connectivity index (χ3n) is 6.92. The van der Waals surface area contributed by atoms with Crippen LogP contribution in [0.5, 0.6) is 5.75 Å². The normalized spacial score (nSPS) is 13.0. The van der Waals surface area contributed by atoms with Gasteiger partial charge in [0.15, 0.2) is 5.69 Å². The lowest BCUT2D eigenvalue weighted by Crippen LogP contribution is -2.65. The fourth-order valence-electron chi connectivity index (χ4n) is 5.15. The van der Waals surface area contributed by atoms with E-state index in [4.69, 9.17) is 4.74 Å². The fraction of sp³-hybridized carbons (Fsp3) is 0.107. The topological polar surface area (TPSA) is 13.1 Å². The highest BCUT2D eigenvalue weighted by molar-refractivity contribution is 7.11. The molecule has 31 heavy (non-hydrogen) atoms. The minimum atomic E-state index is -2.27. The molecule has 1 aromatic heterocycles. The summed E-state index contributed by atoms with van der Waals surface area (Å²) in [4.78, 5) is 0. The smallest absolute Gasteiger partial charge is 0.292 e. The lowest BCUT2D eigenvalue weighted by molar-refractivity contribution is -0.707. The van der Waals surface area contributed by atoms with Gasteiger partial charge >= 0.3 is 0 Å². The van der Waals surface area contributed by atoms with Gasteiger partial charge in [-0.1, -0.05) is 85.4 Å². The zero-order valence-corrected chi connectivity index (χ0v) is 18.8. The van der Waals surface area contributed by atoms with E-state index in [0.29, 0.717) is 6.73 Å². The highest BCUT2D eigenvalue weighted by atomic mass is 28.3. The Morgan fingerprint density at radius 1 is 0.710 bits per heavy atom. The average molecular weight is 419 g/mol. The first-order chi connectivity index (χ1) is 15.2. The fourth-order valence-corrected chi connectivity index (χ4v) is 8.89. The van der Waals surface area contributed by atoms with Gasteiger partial charge in [0.2, 0.25) is 5.52 Å². The summed E-state index contributed by atoms with van der Waals surface area (Å²) < 4.78 is 8.89. The van der Waals surface area contributed by atoms with Crippen LogP contribution in [0, 0.1) is 6.92 Å². The standard InChI is InChI=1S/C28H24NOSi/c1-20-13-14-22-16-15-21-17-18-25(28-26(21)27(22)29(20)19-30-28)31(2,23-9-5-3-6-10-23)24-11-7-4-8-12-24/h3-18H,19H2,1-2H3/q+1. The summed E-state index contributed by atoms with van der Waals surface area (Å²) in [6.45, 7) is 5.17. The monoisotopic (exact) mass is 418 g/mol. The van der Waals surface area contributed by atoms with Crippen molar-refractivity contribution in [2.45, 2.75) is 20.2 Å². The minimum Gasteiger partial charge on any atom is -0.435 e. The van der Waals surface area contributed by atoms with E-state index in [-0.39, 0.29) is 0 Å². The number of benzene rings is 4. The highest BCUT2D eigenvalue weighted by Gasteiger charge is 2.39. The summed E-state index contributed by atoms with van der Waals surface area (Å²) >= 11 is 0. The van der Waals surface area contributed by atoms with Crippen LogP contribution < -0.4 is 24.9 Å². The Morgan fingerprint density at radius 3 is 1.97 bits per heavy atom. The first kappa shape index (κ1) is 18.3. The zero-order valence-electron chi connectivity index (χ0n) is 17.8. The Balaban J connectivity index is 1.75. The molecule has 0 saturated heterocycles. The van der Waals surface area contributed by atoms with Gasteiger partial charge in [0, 0.05) is 18.4 Å². The van der Waals surface area contributed by atoms with Crippen molar-refractivity contribution in [2.24, 2.45) is 0 Å². The predicted octanol–water partition coefficient (Wildman–Crippen LogP) is 4.04. The van der Waals surface area contributed by atoms with Crippen molar-refractivity contribution in [3.8, 4) is 5.75 Å². The van der Waals surface area contributed by atoms with E-state index in [9.17, 15) is 0 Å². The van der Waals surface area contributed by atoms with E-state index >= 15 is 0 Å². The molecule has 4 aromatic carbocycles. The van der Waals surface area contributed by atoms with Gasteiger partial charge in [0.05, 0.1) is 5.39 Å². The van der Waals surface area contributed by atoms with Gasteiger partial charge in [-0.05, 0) is 33.1 Å². The van der Waals surface area contributed by atoms with Crippen molar-refractivity contribution in [2.75, 3.05) is 0 Å². The molecule has 0 fully saturated rings. The first-order valence-corrected chi connectivity index (χ1v) is 13.3. The molecule has 150 valence electrons. The Kier molecular flexibility index (Phi) is 4.02. The van der Waals surface area contributed by atoms with E-state index in [0.717, 1.165) is 5.75 Å². The van der Waals surface area contributed by atoms with Gasteiger partial charge in [-0.25, -0.2) is 0 Å². The molecule has 0 atom stereocenters. The third kappa shape index (κ3) is 2.60. The molecule has 5 aromatic rings. The molecule has 1 aliphatic rings. The summed E-state index contributed by atoms with van der Waals surface area (Å²) in [5.41, 5.74) is 2.51. The summed E-state index contributed by atoms with van der Waals surface area (Å²) in [6.07, 6.45) is 0. The van der Waals surface area contributed by atoms with Crippen molar-refractivity contribution >= 4 is 45.3 Å². The first-order valence-electron chi connectivity index (χ1n) is 10.8. The molecule has 0 saturated carbocycles. The maximum Gasteiger partial charge on any atom is 0.292 e. The van der Waals surface area contributed by atoms with Crippen LogP contribution in [0.15, 0.2) is 97.1 Å². The summed E-state index contributed by atoms with van der Waals surface area (Å²) in [6, 6.07) is 35.4. The molecular weight excluding hydrogens is 394 g/mol. The number of hydrogen-bond donors (Lipinski definition) is 0. The van der Waals surface area contributed by atoms with Crippen LogP contribution in [0.25, 0.3) is 21.7 Å². The molecule has 0 amide bonds. The van der Waals surface area contributed by atoms with E-state index < -0.39 is 8.07 Å². The molecule has 1 aliphatic heterocycles. The van der Waals surface area contributed by atoms with Gasteiger partial charge in [0.1, 0.15) is 13.8 Å². The summed E-state index contributed by atoms with van der Waals surface area (Å²) in [7, 11) is -2.27. The maximum absolute atomic E-state index is 6.58. The second-order valence-electron chi connectivity index (χ2n) is 8.58. The number of hydrogen-bond acceptors (Lipinski definition) is 1. The molecule has 3 heteroatoms. The van der Waals surface area contributed by atoms with Gasteiger partial charge in [-0.2, -0.15) is 4.57 Å². The Bertz CT molecular complexity index is 1410. The lowest BCUT2D eigenvalue weighted by atomic mass is 10.0. The molecule has 0 N–H and O–H groups in total. The van der Waals surface area contributed by atoms with E-state index in [1.165, 1.54) is 42.9 Å². The van der Waals surface area contributed by atoms with Crippen molar-refractivity contribution < 1.29 is 9.30 Å². The number of aromatic nitrogens is 1. The van der Waals surface area contributed by atoms with Crippen molar-refractivity contribution in [3.05, 3.63) is 103 Å². The SMILES string of the molecule is Cc1ccc2ccc3ccc([Si](C)(c4ccccc4)c4ccccc4)c4c3c2[n+]1CO4. The van der Waals surface area contributed by atoms with Crippen molar-refractivity contribution in [3.63, 3.8) is 0 Å². The van der Waals surface area contributed by atoms with E-state index in [2.05, 4.69) is 115 Å². The van der Waals surface area contributed by atoms with Gasteiger partial charge in [-0.3, -0.25) is 0 Å². The Morgan fingerprint density at radius 2 is 1.29 bits per heavy atom. The second kappa shape index (κ2) is 6.79. The largest absolute Gasteiger partial charge is 0.435 e. The van der Waals surface area contributed by atoms with Crippen LogP contribution in [0.2, 0.25) is 6.55 Å². The van der Waals surface area contributed by atoms with Crippen LogP contribution in [0.1, 0.15) is 5.69 Å². The van der Waals surface area contributed by atoms with E-state index in [1.54, 1.807) is 0 Å². The van der Waals surface area contributed by atoms with Crippen LogP contribution in [0.4, 0.5) is 0 Å². The van der Waals surface area contributed by atoms with Crippen molar-refractivity contribution in [1.82, 2.24) is 0 Å². The maximum atomic E-state index is 6.58. The summed E-state index contributed by atoms with van der Waals surface area (Å²) in [5.74, 6) is 1.07. The molecule has 6 rings (SSSR count). The molecule has 0 spiro atoms. The van der Waals surface area contributed by atoms with Gasteiger partial charge in [0.25, 0.3) is 6.73 Å². The van der Waals surface area contributed by atoms with Crippen LogP contribution in [-0.4, -0.2) is 8.07 Å².